The first-order chi connectivity index (χ1) is 12.0. The summed E-state index contributed by atoms with van der Waals surface area (Å²) < 4.78 is 2.10. The van der Waals surface area contributed by atoms with E-state index in [0.29, 0.717) is 12.8 Å². The van der Waals surface area contributed by atoms with Gasteiger partial charge in [-0.25, -0.2) is 10.5 Å². The number of imidazole rings is 1. The van der Waals surface area contributed by atoms with E-state index in [4.69, 9.17) is 15.9 Å². The number of aromatic nitrogens is 2. The average Bonchev–Trinajstić information content (AvgIpc) is 2.97. The second kappa shape index (κ2) is 7.04. The molecule has 3 aromatic rings. The fourth-order valence-electron chi connectivity index (χ4n) is 2.91. The lowest BCUT2D eigenvalue weighted by Crippen LogP contribution is -2.39. The molecule has 1 atom stereocenters. The molecule has 0 spiro atoms. The highest BCUT2D eigenvalue weighted by atomic mass is 16.5. The van der Waals surface area contributed by atoms with Crippen LogP contribution in [0.4, 0.5) is 0 Å². The van der Waals surface area contributed by atoms with Gasteiger partial charge in [-0.1, -0.05) is 18.2 Å². The molecule has 4 N–H and O–H groups in total. The number of benzene rings is 2. The van der Waals surface area contributed by atoms with Crippen molar-refractivity contribution in [2.45, 2.75) is 32.7 Å². The van der Waals surface area contributed by atoms with Crippen molar-refractivity contribution in [2.24, 2.45) is 5.73 Å². The van der Waals surface area contributed by atoms with Gasteiger partial charge in [0.15, 0.2) is 0 Å². The van der Waals surface area contributed by atoms with Gasteiger partial charge >= 0.3 is 0 Å². The molecule has 2 aromatic carbocycles. The molecule has 6 heteroatoms. The Kier molecular flexibility index (Phi) is 4.83. The molecule has 0 bridgehead atoms. The lowest BCUT2D eigenvalue weighted by atomic mass is 10.1. The van der Waals surface area contributed by atoms with Crippen LogP contribution in [0.2, 0.25) is 0 Å². The largest absolute Gasteiger partial charge is 0.320 e. The minimum absolute atomic E-state index is 0.389. The smallest absolute Gasteiger partial charge is 0.260 e. The SMILES string of the molecule is Cc1cc2nc(CC[C@@H](N)C(=O)NO)n(-c3ccccc3)c2cc1C. The monoisotopic (exact) mass is 338 g/mol. The lowest BCUT2D eigenvalue weighted by molar-refractivity contribution is -0.130. The van der Waals surface area contributed by atoms with Crippen molar-refractivity contribution in [3.05, 3.63) is 59.4 Å². The first-order valence-electron chi connectivity index (χ1n) is 8.24. The summed E-state index contributed by atoms with van der Waals surface area (Å²) in [6.07, 6.45) is 0.913. The normalized spacial score (nSPS) is 12.3. The number of carbonyl (C=O) groups is 1. The summed E-state index contributed by atoms with van der Waals surface area (Å²) in [5, 5.41) is 8.71. The summed E-state index contributed by atoms with van der Waals surface area (Å²) >= 11 is 0. The molecule has 0 aliphatic heterocycles. The fourth-order valence-corrected chi connectivity index (χ4v) is 2.91. The van der Waals surface area contributed by atoms with E-state index < -0.39 is 11.9 Å². The zero-order chi connectivity index (χ0) is 18.0. The molecule has 0 saturated heterocycles. The average molecular weight is 338 g/mol. The predicted octanol–water partition coefficient (Wildman–Crippen LogP) is 2.41. The van der Waals surface area contributed by atoms with E-state index in [1.165, 1.54) is 11.1 Å². The van der Waals surface area contributed by atoms with Crippen molar-refractivity contribution >= 4 is 16.9 Å². The van der Waals surface area contributed by atoms with Crippen molar-refractivity contribution in [2.75, 3.05) is 0 Å². The molecule has 0 aliphatic carbocycles. The van der Waals surface area contributed by atoms with Crippen LogP contribution >= 0.6 is 0 Å². The number of carbonyl (C=O) groups excluding carboxylic acids is 1. The van der Waals surface area contributed by atoms with Gasteiger partial charge in [0.1, 0.15) is 5.82 Å². The number of amides is 1. The number of hydrogen-bond donors (Lipinski definition) is 3. The topological polar surface area (TPSA) is 93.2 Å². The number of rotatable bonds is 5. The summed E-state index contributed by atoms with van der Waals surface area (Å²) in [5.41, 5.74) is 12.8. The maximum Gasteiger partial charge on any atom is 0.260 e. The quantitative estimate of drug-likeness (QED) is 0.492. The molecule has 1 aromatic heterocycles. The number of nitrogens with one attached hydrogen (secondary N) is 1. The molecular weight excluding hydrogens is 316 g/mol. The van der Waals surface area contributed by atoms with Crippen molar-refractivity contribution < 1.29 is 10.0 Å². The van der Waals surface area contributed by atoms with E-state index in [9.17, 15) is 4.79 Å². The third-order valence-corrected chi connectivity index (χ3v) is 4.48. The molecule has 6 nitrogen and oxygen atoms in total. The number of nitrogens with two attached hydrogens (primary N) is 1. The summed E-state index contributed by atoms with van der Waals surface area (Å²) in [7, 11) is 0. The van der Waals surface area contributed by atoms with Crippen molar-refractivity contribution in [1.29, 1.82) is 0 Å². The van der Waals surface area contributed by atoms with Gasteiger partial charge in [-0.15, -0.1) is 0 Å². The molecular formula is C19H22N4O2. The highest BCUT2D eigenvalue weighted by Gasteiger charge is 2.17. The fraction of sp³-hybridized carbons (Fsp3) is 0.263. The van der Waals surface area contributed by atoms with Gasteiger partial charge in [0.2, 0.25) is 0 Å². The van der Waals surface area contributed by atoms with Gasteiger partial charge < -0.3 is 5.73 Å². The Labute approximate surface area is 146 Å². The Bertz CT molecular complexity index is 903. The van der Waals surface area contributed by atoms with Crippen molar-refractivity contribution in [3.63, 3.8) is 0 Å². The van der Waals surface area contributed by atoms with Crippen molar-refractivity contribution in [1.82, 2.24) is 15.0 Å². The second-order valence-corrected chi connectivity index (χ2v) is 6.25. The van der Waals surface area contributed by atoms with E-state index in [0.717, 1.165) is 22.5 Å². The summed E-state index contributed by atoms with van der Waals surface area (Å²) in [4.78, 5) is 16.2. The summed E-state index contributed by atoms with van der Waals surface area (Å²) in [6, 6.07) is 13.4. The van der Waals surface area contributed by atoms with Crippen LogP contribution in [0.1, 0.15) is 23.4 Å². The molecule has 25 heavy (non-hydrogen) atoms. The van der Waals surface area contributed by atoms with Gasteiger partial charge in [-0.05, 0) is 55.7 Å². The van der Waals surface area contributed by atoms with Crippen LogP contribution in [0, 0.1) is 13.8 Å². The molecule has 0 unspecified atom stereocenters. The number of hydrogen-bond acceptors (Lipinski definition) is 4. The van der Waals surface area contributed by atoms with E-state index in [2.05, 4.69) is 30.5 Å². The first kappa shape index (κ1) is 17.1. The Morgan fingerprint density at radius 2 is 1.92 bits per heavy atom. The zero-order valence-electron chi connectivity index (χ0n) is 14.4. The van der Waals surface area contributed by atoms with Crippen LogP contribution in [-0.4, -0.2) is 26.7 Å². The standard InChI is InChI=1S/C19H22N4O2/c1-12-10-16-17(11-13(12)2)23(14-6-4-3-5-7-14)18(21-16)9-8-15(20)19(24)22-25/h3-7,10-11,15,25H,8-9,20H2,1-2H3,(H,22,24)/t15-/m1/s1. The highest BCUT2D eigenvalue weighted by molar-refractivity contribution is 5.81. The third kappa shape index (κ3) is 3.40. The van der Waals surface area contributed by atoms with Crippen LogP contribution in [0.5, 0.6) is 0 Å². The maximum atomic E-state index is 11.4. The number of nitrogens with zero attached hydrogens (tertiary/aromatic N) is 2. The Hall–Kier alpha value is -2.70. The van der Waals surface area contributed by atoms with Crippen LogP contribution in [0.3, 0.4) is 0 Å². The van der Waals surface area contributed by atoms with Crippen LogP contribution in [0.25, 0.3) is 16.7 Å². The minimum atomic E-state index is -0.780. The first-order valence-corrected chi connectivity index (χ1v) is 8.24. The second-order valence-electron chi connectivity index (χ2n) is 6.25. The van der Waals surface area contributed by atoms with Gasteiger partial charge in [-0.3, -0.25) is 14.6 Å². The highest BCUT2D eigenvalue weighted by Crippen LogP contribution is 2.25. The van der Waals surface area contributed by atoms with Gasteiger partial charge in [0.25, 0.3) is 5.91 Å². The molecule has 0 radical (unpaired) electrons. The molecule has 1 heterocycles. The van der Waals surface area contributed by atoms with Gasteiger partial charge in [-0.2, -0.15) is 0 Å². The third-order valence-electron chi connectivity index (χ3n) is 4.48. The predicted molar refractivity (Wildman–Crippen MR) is 96.8 cm³/mol. The minimum Gasteiger partial charge on any atom is -0.320 e. The van der Waals surface area contributed by atoms with Crippen LogP contribution in [0.15, 0.2) is 42.5 Å². The Morgan fingerprint density at radius 3 is 2.60 bits per heavy atom. The molecule has 1 amide bonds. The molecule has 0 saturated carbocycles. The number of aryl methyl sites for hydroxylation is 3. The number of para-hydroxylation sites is 1. The molecule has 130 valence electrons. The Balaban J connectivity index is 2.06. The van der Waals surface area contributed by atoms with E-state index in [-0.39, 0.29) is 0 Å². The van der Waals surface area contributed by atoms with Crippen LogP contribution in [-0.2, 0) is 11.2 Å². The van der Waals surface area contributed by atoms with E-state index >= 15 is 0 Å². The summed E-state index contributed by atoms with van der Waals surface area (Å²) in [5.74, 6) is 0.251. The van der Waals surface area contributed by atoms with Gasteiger partial charge in [0.05, 0.1) is 17.1 Å². The van der Waals surface area contributed by atoms with Crippen molar-refractivity contribution in [3.8, 4) is 5.69 Å². The van der Waals surface area contributed by atoms with E-state index in [1.807, 2.05) is 30.3 Å². The molecule has 0 aliphatic rings. The number of fused-ring (bicyclic) bond motifs is 1. The molecule has 0 fully saturated rings. The Morgan fingerprint density at radius 1 is 1.24 bits per heavy atom. The number of hydroxylamine groups is 1. The van der Waals surface area contributed by atoms with Crippen LogP contribution < -0.4 is 11.2 Å². The molecule has 3 rings (SSSR count). The zero-order valence-corrected chi connectivity index (χ0v) is 14.4. The van der Waals surface area contributed by atoms with E-state index in [1.54, 1.807) is 5.48 Å². The maximum absolute atomic E-state index is 11.4. The summed E-state index contributed by atoms with van der Waals surface area (Å²) in [6.45, 7) is 4.15. The van der Waals surface area contributed by atoms with Gasteiger partial charge in [0, 0.05) is 12.1 Å². The lowest BCUT2D eigenvalue weighted by Gasteiger charge is -2.12.